The van der Waals surface area contributed by atoms with Crippen molar-refractivity contribution in [1.29, 1.82) is 0 Å². The van der Waals surface area contributed by atoms with Gasteiger partial charge in [0.15, 0.2) is 0 Å². The average molecular weight is 778 g/mol. The SMILES string of the molecule is C=CCCC(=O)N(C)[C@H](C)[C@H](OC(=O)[C@H]1[C@@H]2O[C@@]3(CC2Br)[C@@H]1C(=O)N([C@H](C)CO)[C@@H]3C(=O)N(CC=C)Cn1nnc2ccccc21)c1ccccc1. The molecule has 9 atom stereocenters. The number of rotatable bonds is 15. The summed E-state index contributed by atoms with van der Waals surface area (Å²) < 4.78 is 14.6. The van der Waals surface area contributed by atoms with Gasteiger partial charge in [0, 0.05) is 24.8 Å². The van der Waals surface area contributed by atoms with Crippen LogP contribution in [0.3, 0.4) is 0 Å². The number of fused-ring (bicyclic) bond motifs is 2. The second-order valence-electron chi connectivity index (χ2n) is 13.8. The van der Waals surface area contributed by atoms with Gasteiger partial charge in [-0.25, -0.2) is 4.68 Å². The van der Waals surface area contributed by atoms with Crippen LogP contribution in [0.1, 0.15) is 44.8 Å². The summed E-state index contributed by atoms with van der Waals surface area (Å²) in [6.45, 7) is 10.8. The Labute approximate surface area is 311 Å². The molecule has 276 valence electrons. The quantitative estimate of drug-likeness (QED) is 0.139. The summed E-state index contributed by atoms with van der Waals surface area (Å²) in [6, 6.07) is 14.1. The van der Waals surface area contributed by atoms with Gasteiger partial charge in [-0.2, -0.15) is 0 Å². The number of allylic oxidation sites excluding steroid dienone is 1. The number of aromatic nitrogens is 3. The molecule has 0 aliphatic carbocycles. The van der Waals surface area contributed by atoms with Crippen LogP contribution in [-0.4, -0.2) is 113 Å². The number of likely N-dealkylation sites (tertiary alicyclic amines) is 1. The topological polar surface area (TPSA) is 147 Å². The third-order valence-electron chi connectivity index (χ3n) is 10.7. The zero-order valence-electron chi connectivity index (χ0n) is 29.6. The molecule has 0 radical (unpaired) electrons. The van der Waals surface area contributed by atoms with Gasteiger partial charge in [-0.15, -0.1) is 18.3 Å². The van der Waals surface area contributed by atoms with E-state index in [0.717, 1.165) is 5.52 Å². The zero-order chi connectivity index (χ0) is 37.3. The number of carbonyl (C=O) groups excluding carboxylic acids is 4. The lowest BCUT2D eigenvalue weighted by atomic mass is 9.70. The Balaban J connectivity index is 1.34. The highest BCUT2D eigenvalue weighted by Gasteiger charge is 2.77. The van der Waals surface area contributed by atoms with Crippen LogP contribution in [-0.2, 0) is 35.3 Å². The Morgan fingerprint density at radius 3 is 2.54 bits per heavy atom. The van der Waals surface area contributed by atoms with Gasteiger partial charge >= 0.3 is 5.97 Å². The maximum atomic E-state index is 14.8. The molecule has 52 heavy (non-hydrogen) atoms. The summed E-state index contributed by atoms with van der Waals surface area (Å²) in [4.78, 5) is 61.1. The molecule has 2 aromatic carbocycles. The summed E-state index contributed by atoms with van der Waals surface area (Å²) in [6.07, 6.45) is 2.67. The molecule has 3 saturated heterocycles. The fraction of sp³-hybridized carbons (Fsp3) is 0.474. The molecule has 1 spiro atoms. The normalized spacial score (nSPS) is 26.4. The molecule has 13 nitrogen and oxygen atoms in total. The number of nitrogens with zero attached hydrogens (tertiary/aromatic N) is 6. The van der Waals surface area contributed by atoms with Crippen LogP contribution in [0.25, 0.3) is 11.0 Å². The molecule has 3 aliphatic rings. The van der Waals surface area contributed by atoms with E-state index in [1.54, 1.807) is 35.7 Å². The molecule has 14 heteroatoms. The Morgan fingerprint density at radius 1 is 1.13 bits per heavy atom. The van der Waals surface area contributed by atoms with Crippen molar-refractivity contribution in [3.63, 3.8) is 0 Å². The van der Waals surface area contributed by atoms with Gasteiger partial charge in [0.1, 0.15) is 29.9 Å². The molecule has 6 rings (SSSR count). The first-order chi connectivity index (χ1) is 25.0. The monoisotopic (exact) mass is 776 g/mol. The van der Waals surface area contributed by atoms with E-state index in [-0.39, 0.29) is 36.8 Å². The van der Waals surface area contributed by atoms with Crippen LogP contribution >= 0.6 is 15.9 Å². The molecule has 3 amide bonds. The molecule has 1 N–H and O–H groups in total. The van der Waals surface area contributed by atoms with Gasteiger partial charge in [-0.1, -0.05) is 75.8 Å². The number of benzene rings is 2. The number of aliphatic hydroxyl groups is 1. The van der Waals surface area contributed by atoms with Gasteiger partial charge in [-0.05, 0) is 44.4 Å². The van der Waals surface area contributed by atoms with Crippen LogP contribution in [0, 0.1) is 11.8 Å². The van der Waals surface area contributed by atoms with Crippen molar-refractivity contribution in [2.45, 2.75) is 80.5 Å². The molecule has 3 fully saturated rings. The van der Waals surface area contributed by atoms with Crippen LogP contribution in [0.4, 0.5) is 0 Å². The minimum Gasteiger partial charge on any atom is -0.455 e. The predicted molar refractivity (Wildman–Crippen MR) is 195 cm³/mol. The molecule has 3 aromatic rings. The van der Waals surface area contributed by atoms with Crippen molar-refractivity contribution in [2.24, 2.45) is 11.8 Å². The molecule has 1 unspecified atom stereocenters. The van der Waals surface area contributed by atoms with Crippen molar-refractivity contribution in [3.05, 3.63) is 85.5 Å². The van der Waals surface area contributed by atoms with Crippen molar-refractivity contribution in [3.8, 4) is 0 Å². The Morgan fingerprint density at radius 2 is 1.85 bits per heavy atom. The fourth-order valence-electron chi connectivity index (χ4n) is 8.03. The zero-order valence-corrected chi connectivity index (χ0v) is 31.2. The second kappa shape index (κ2) is 15.3. The minimum absolute atomic E-state index is 0.0144. The molecule has 3 aliphatic heterocycles. The third kappa shape index (κ3) is 6.45. The van der Waals surface area contributed by atoms with E-state index < -0.39 is 72.2 Å². The second-order valence-corrected chi connectivity index (χ2v) is 15.0. The number of para-hydroxylation sites is 1. The first-order valence-electron chi connectivity index (χ1n) is 17.5. The van der Waals surface area contributed by atoms with Crippen LogP contribution < -0.4 is 0 Å². The third-order valence-corrected chi connectivity index (χ3v) is 11.6. The Bertz CT molecular complexity index is 1840. The maximum absolute atomic E-state index is 14.8. The lowest BCUT2D eigenvalue weighted by Gasteiger charge is -2.38. The predicted octanol–water partition coefficient (Wildman–Crippen LogP) is 3.63. The first-order valence-corrected chi connectivity index (χ1v) is 18.4. The van der Waals surface area contributed by atoms with Crippen LogP contribution in [0.2, 0.25) is 0 Å². The van der Waals surface area contributed by atoms with Crippen LogP contribution in [0.15, 0.2) is 79.9 Å². The molecular formula is C38H45BrN6O7. The smallest absolute Gasteiger partial charge is 0.313 e. The fourth-order valence-corrected chi connectivity index (χ4v) is 8.97. The molecule has 1 aromatic heterocycles. The van der Waals surface area contributed by atoms with E-state index in [4.69, 9.17) is 9.47 Å². The largest absolute Gasteiger partial charge is 0.455 e. The molecular weight excluding hydrogens is 732 g/mol. The van der Waals surface area contributed by atoms with E-state index >= 15 is 0 Å². The van der Waals surface area contributed by atoms with E-state index in [9.17, 15) is 24.3 Å². The number of halogens is 1. The number of amides is 3. The number of ether oxygens (including phenoxy) is 2. The number of carbonyl (C=O) groups is 4. The van der Waals surface area contributed by atoms with Gasteiger partial charge < -0.3 is 29.3 Å². The molecule has 4 heterocycles. The maximum Gasteiger partial charge on any atom is 0.313 e. The van der Waals surface area contributed by atoms with Crippen molar-refractivity contribution in [1.82, 2.24) is 29.7 Å². The summed E-state index contributed by atoms with van der Waals surface area (Å²) in [5, 5.41) is 18.8. The van der Waals surface area contributed by atoms with Crippen molar-refractivity contribution >= 4 is 50.7 Å². The highest BCUT2D eigenvalue weighted by molar-refractivity contribution is 9.09. The Kier molecular flexibility index (Phi) is 11.0. The van der Waals surface area contributed by atoms with E-state index in [1.807, 2.05) is 61.5 Å². The molecule has 0 saturated carbocycles. The standard InChI is InChI=1S/C38H45BrN6O7/c1-6-8-18-29(47)42(5)24(4)32(25-14-10-9-11-15-25)51-37(50)30-31-35(48)45(23(3)21-46)34(38(31)20-26(39)33(30)52-38)36(49)43(19-7-2)22-44-28-17-13-12-16-27(28)40-41-44/h6-7,9-17,23-24,26,30-34,46H,1-2,8,18-22H2,3-5H3/t23-,24-,26?,30-,31+,32+,33-,34-,38+/m1/s1. The number of aliphatic hydroxyl groups excluding tert-OH is 1. The van der Waals surface area contributed by atoms with Gasteiger partial charge in [0.05, 0.1) is 42.1 Å². The van der Waals surface area contributed by atoms with Gasteiger partial charge in [0.2, 0.25) is 17.7 Å². The van der Waals surface area contributed by atoms with Gasteiger partial charge in [0.25, 0.3) is 0 Å². The Hall–Kier alpha value is -4.40. The lowest BCUT2D eigenvalue weighted by molar-refractivity contribution is -0.165. The highest BCUT2D eigenvalue weighted by atomic mass is 79.9. The number of likely N-dealkylation sites (N-methyl/N-ethyl adjacent to an activating group) is 1. The molecule has 2 bridgehead atoms. The first kappa shape index (κ1) is 37.4. The number of hydrogen-bond donors (Lipinski definition) is 1. The summed E-state index contributed by atoms with van der Waals surface area (Å²) >= 11 is 3.72. The van der Waals surface area contributed by atoms with E-state index in [0.29, 0.717) is 17.5 Å². The summed E-state index contributed by atoms with van der Waals surface area (Å²) in [5.41, 5.74) is 0.674. The number of alkyl halides is 1. The van der Waals surface area contributed by atoms with Crippen LogP contribution in [0.5, 0.6) is 0 Å². The summed E-state index contributed by atoms with van der Waals surface area (Å²) in [5.74, 6) is -3.81. The van der Waals surface area contributed by atoms with E-state index in [2.05, 4.69) is 39.4 Å². The summed E-state index contributed by atoms with van der Waals surface area (Å²) in [7, 11) is 1.67. The highest BCUT2D eigenvalue weighted by Crippen LogP contribution is 2.61. The minimum atomic E-state index is -1.39. The van der Waals surface area contributed by atoms with Gasteiger partial charge in [-0.3, -0.25) is 19.2 Å². The van der Waals surface area contributed by atoms with Crippen molar-refractivity contribution in [2.75, 3.05) is 20.2 Å². The number of hydrogen-bond acceptors (Lipinski definition) is 9. The van der Waals surface area contributed by atoms with Crippen molar-refractivity contribution < 1.29 is 33.8 Å². The number of esters is 1. The average Bonchev–Trinajstić information content (AvgIpc) is 3.88. The lowest BCUT2D eigenvalue weighted by Crippen LogP contribution is -2.58. The van der Waals surface area contributed by atoms with E-state index in [1.165, 1.54) is 9.80 Å².